The highest BCUT2D eigenvalue weighted by Gasteiger charge is 2.56. The molecule has 2 atom stereocenters. The lowest BCUT2D eigenvalue weighted by atomic mass is 9.58. The number of nitrogens with one attached hydrogen (secondary N) is 1. The van der Waals surface area contributed by atoms with Crippen molar-refractivity contribution in [2.75, 3.05) is 19.7 Å². The number of carbonyl (C=O) groups is 1. The molecule has 0 bridgehead atoms. The van der Waals surface area contributed by atoms with E-state index in [0.717, 1.165) is 19.3 Å². The summed E-state index contributed by atoms with van der Waals surface area (Å²) in [6.07, 6.45) is 2.26. The summed E-state index contributed by atoms with van der Waals surface area (Å²) in [5, 5.41) is 13.2. The fourth-order valence-electron chi connectivity index (χ4n) is 3.80. The molecule has 5 nitrogen and oxygen atoms in total. The van der Waals surface area contributed by atoms with Gasteiger partial charge in [0, 0.05) is 41.3 Å². The normalized spacial score (nSPS) is 26.1. The first-order chi connectivity index (χ1) is 11.0. The number of thiophene rings is 1. The number of likely N-dealkylation sites (tertiary alicyclic amines) is 1. The van der Waals surface area contributed by atoms with Crippen LogP contribution in [0.3, 0.4) is 0 Å². The van der Waals surface area contributed by atoms with Gasteiger partial charge in [-0.25, -0.2) is 4.79 Å². The highest BCUT2D eigenvalue weighted by Crippen LogP contribution is 2.50. The number of piperidine rings is 1. The van der Waals surface area contributed by atoms with E-state index in [1.165, 1.54) is 9.75 Å². The van der Waals surface area contributed by atoms with Gasteiger partial charge in [0.15, 0.2) is 0 Å². The molecule has 0 unspecified atom stereocenters. The monoisotopic (exact) mass is 338 g/mol. The fourth-order valence-corrected chi connectivity index (χ4v) is 4.63. The van der Waals surface area contributed by atoms with Gasteiger partial charge in [0.05, 0.1) is 18.8 Å². The second kappa shape index (κ2) is 6.79. The molecule has 3 rings (SSSR count). The highest BCUT2D eigenvalue weighted by atomic mass is 32.1. The third-order valence-electron chi connectivity index (χ3n) is 5.30. The molecule has 1 aliphatic carbocycles. The molecule has 2 fully saturated rings. The van der Waals surface area contributed by atoms with Crippen LogP contribution < -0.4 is 5.32 Å². The van der Waals surface area contributed by atoms with E-state index in [1.807, 2.05) is 11.8 Å². The van der Waals surface area contributed by atoms with E-state index in [-0.39, 0.29) is 23.7 Å². The molecule has 23 heavy (non-hydrogen) atoms. The number of nitrogens with zero attached hydrogens (tertiary/aromatic N) is 1. The number of hydrogen-bond donors (Lipinski definition) is 2. The number of ether oxygens (including phenoxy) is 1. The van der Waals surface area contributed by atoms with Gasteiger partial charge in [0.1, 0.15) is 0 Å². The Balaban J connectivity index is 1.49. The molecule has 0 radical (unpaired) electrons. The standard InChI is InChI=1S/C17H26N2O3S/c1-3-22-15-10-14(20)17(15)6-8-19(9-7-17)16(21)18-11-13-5-4-12(2)23-13/h4-5,14-15,20H,3,6-11H2,1-2H3,(H,18,21)/t14-,15+/m1/s1. The number of aliphatic hydroxyl groups is 1. The number of carbonyl (C=O) groups excluding carboxylic acids is 1. The average Bonchev–Trinajstić information content (AvgIpc) is 2.98. The Morgan fingerprint density at radius 3 is 2.78 bits per heavy atom. The van der Waals surface area contributed by atoms with Gasteiger partial charge in [-0.1, -0.05) is 0 Å². The molecule has 1 aliphatic heterocycles. The zero-order valence-electron chi connectivity index (χ0n) is 13.9. The summed E-state index contributed by atoms with van der Waals surface area (Å²) >= 11 is 1.71. The maximum Gasteiger partial charge on any atom is 0.317 e. The van der Waals surface area contributed by atoms with Crippen molar-refractivity contribution >= 4 is 17.4 Å². The summed E-state index contributed by atoms with van der Waals surface area (Å²) in [4.78, 5) is 16.6. The molecular weight excluding hydrogens is 312 g/mol. The van der Waals surface area contributed by atoms with Crippen molar-refractivity contribution in [2.45, 2.75) is 51.9 Å². The number of hydrogen-bond acceptors (Lipinski definition) is 4. The minimum absolute atomic E-state index is 0.00678. The Kier molecular flexibility index (Phi) is 4.94. The first-order valence-corrected chi connectivity index (χ1v) is 9.24. The lowest BCUT2D eigenvalue weighted by Crippen LogP contribution is -2.63. The Hall–Kier alpha value is -1.11. The smallest absolute Gasteiger partial charge is 0.317 e. The minimum Gasteiger partial charge on any atom is -0.392 e. The van der Waals surface area contributed by atoms with Gasteiger partial charge in [0.2, 0.25) is 0 Å². The van der Waals surface area contributed by atoms with Gasteiger partial charge < -0.3 is 20.1 Å². The van der Waals surface area contributed by atoms with Crippen LogP contribution in [0.25, 0.3) is 0 Å². The number of aryl methyl sites for hydroxylation is 1. The van der Waals surface area contributed by atoms with Crippen LogP contribution in [0.4, 0.5) is 4.79 Å². The van der Waals surface area contributed by atoms with Gasteiger partial charge in [-0.05, 0) is 38.8 Å². The zero-order valence-corrected chi connectivity index (χ0v) is 14.7. The van der Waals surface area contributed by atoms with Gasteiger partial charge in [-0.2, -0.15) is 0 Å². The van der Waals surface area contributed by atoms with Crippen LogP contribution in [-0.4, -0.2) is 47.9 Å². The van der Waals surface area contributed by atoms with Crippen molar-refractivity contribution in [3.8, 4) is 0 Å². The second-order valence-corrected chi connectivity index (χ2v) is 7.96. The Morgan fingerprint density at radius 1 is 1.48 bits per heavy atom. The lowest BCUT2D eigenvalue weighted by Gasteiger charge is -2.56. The van der Waals surface area contributed by atoms with Crippen LogP contribution in [0.1, 0.15) is 35.9 Å². The lowest BCUT2D eigenvalue weighted by molar-refractivity contribution is -0.207. The van der Waals surface area contributed by atoms with Crippen LogP contribution >= 0.6 is 11.3 Å². The number of amides is 2. The van der Waals surface area contributed by atoms with Crippen LogP contribution in [0.15, 0.2) is 12.1 Å². The molecule has 1 aromatic heterocycles. The predicted molar refractivity (Wildman–Crippen MR) is 90.6 cm³/mol. The first kappa shape index (κ1) is 16.7. The van der Waals surface area contributed by atoms with Gasteiger partial charge in [-0.3, -0.25) is 0 Å². The quantitative estimate of drug-likeness (QED) is 0.887. The molecule has 1 spiro atoms. The molecule has 1 saturated carbocycles. The molecule has 2 aliphatic rings. The summed E-state index contributed by atoms with van der Waals surface area (Å²) < 4.78 is 5.77. The first-order valence-electron chi connectivity index (χ1n) is 8.43. The molecular formula is C17H26N2O3S. The van der Waals surface area contributed by atoms with Crippen LogP contribution in [0, 0.1) is 12.3 Å². The summed E-state index contributed by atoms with van der Waals surface area (Å²) in [5.41, 5.74) is -0.127. The van der Waals surface area contributed by atoms with Gasteiger partial charge >= 0.3 is 6.03 Å². The zero-order chi connectivity index (χ0) is 16.4. The Morgan fingerprint density at radius 2 is 2.22 bits per heavy atom. The molecule has 2 amide bonds. The molecule has 1 aromatic rings. The van der Waals surface area contributed by atoms with Crippen LogP contribution in [-0.2, 0) is 11.3 Å². The van der Waals surface area contributed by atoms with E-state index in [0.29, 0.717) is 26.2 Å². The Bertz CT molecular complexity index is 550. The molecule has 128 valence electrons. The third kappa shape index (κ3) is 3.25. The molecule has 6 heteroatoms. The fraction of sp³-hybridized carbons (Fsp3) is 0.706. The maximum atomic E-state index is 12.3. The SMILES string of the molecule is CCO[C@H]1C[C@@H](O)C12CCN(C(=O)NCc1ccc(C)s1)CC2. The van der Waals surface area contributed by atoms with Crippen molar-refractivity contribution in [3.63, 3.8) is 0 Å². The molecule has 2 N–H and O–H groups in total. The van der Waals surface area contributed by atoms with Crippen molar-refractivity contribution in [1.82, 2.24) is 10.2 Å². The van der Waals surface area contributed by atoms with E-state index in [9.17, 15) is 9.90 Å². The van der Waals surface area contributed by atoms with E-state index in [4.69, 9.17) is 4.74 Å². The predicted octanol–water partition coefficient (Wildman–Crippen LogP) is 2.52. The van der Waals surface area contributed by atoms with Crippen LogP contribution in [0.2, 0.25) is 0 Å². The van der Waals surface area contributed by atoms with Crippen molar-refractivity contribution in [2.24, 2.45) is 5.41 Å². The van der Waals surface area contributed by atoms with Crippen molar-refractivity contribution in [3.05, 3.63) is 21.9 Å². The number of aliphatic hydroxyl groups excluding tert-OH is 1. The number of urea groups is 1. The largest absolute Gasteiger partial charge is 0.392 e. The number of rotatable bonds is 4. The Labute approximate surface area is 141 Å². The van der Waals surface area contributed by atoms with E-state index in [2.05, 4.69) is 24.4 Å². The molecule has 1 saturated heterocycles. The van der Waals surface area contributed by atoms with E-state index in [1.54, 1.807) is 11.3 Å². The highest BCUT2D eigenvalue weighted by molar-refractivity contribution is 7.11. The summed E-state index contributed by atoms with van der Waals surface area (Å²) in [5.74, 6) is 0. The van der Waals surface area contributed by atoms with Crippen molar-refractivity contribution < 1.29 is 14.6 Å². The third-order valence-corrected chi connectivity index (χ3v) is 6.30. The second-order valence-electron chi connectivity index (χ2n) is 6.59. The summed E-state index contributed by atoms with van der Waals surface area (Å²) in [6.45, 7) is 6.71. The average molecular weight is 338 g/mol. The summed E-state index contributed by atoms with van der Waals surface area (Å²) in [6, 6.07) is 4.12. The topological polar surface area (TPSA) is 61.8 Å². The van der Waals surface area contributed by atoms with Crippen LogP contribution in [0.5, 0.6) is 0 Å². The maximum absolute atomic E-state index is 12.3. The molecule has 0 aromatic carbocycles. The van der Waals surface area contributed by atoms with Gasteiger partial charge in [0.25, 0.3) is 0 Å². The molecule has 2 heterocycles. The minimum atomic E-state index is -0.279. The van der Waals surface area contributed by atoms with E-state index < -0.39 is 0 Å². The van der Waals surface area contributed by atoms with Gasteiger partial charge in [-0.15, -0.1) is 11.3 Å². The summed E-state index contributed by atoms with van der Waals surface area (Å²) in [7, 11) is 0. The van der Waals surface area contributed by atoms with E-state index >= 15 is 0 Å². The van der Waals surface area contributed by atoms with Crippen molar-refractivity contribution in [1.29, 1.82) is 0 Å².